The van der Waals surface area contributed by atoms with Gasteiger partial charge in [0.25, 0.3) is 5.91 Å². The first-order chi connectivity index (χ1) is 12.0. The highest BCUT2D eigenvalue weighted by Crippen LogP contribution is 2.20. The van der Waals surface area contributed by atoms with Crippen LogP contribution in [0.25, 0.3) is 0 Å². The summed E-state index contributed by atoms with van der Waals surface area (Å²) in [6.45, 7) is 2.82. The molecule has 0 aliphatic heterocycles. The molecule has 132 valence electrons. The van der Waals surface area contributed by atoms with Gasteiger partial charge in [-0.1, -0.05) is 12.1 Å². The molecule has 2 N–H and O–H groups in total. The summed E-state index contributed by atoms with van der Waals surface area (Å²) in [7, 11) is 0. The van der Waals surface area contributed by atoms with Crippen LogP contribution in [0, 0.1) is 6.92 Å². The Bertz CT molecular complexity index is 775. The molecule has 0 aliphatic rings. The molecule has 2 aromatic rings. The van der Waals surface area contributed by atoms with Gasteiger partial charge >= 0.3 is 5.97 Å². The topological polar surface area (TPSA) is 107 Å². The van der Waals surface area contributed by atoms with Gasteiger partial charge in [0, 0.05) is 12.3 Å². The molecule has 25 heavy (non-hydrogen) atoms. The quantitative estimate of drug-likeness (QED) is 0.593. The molecular weight excluding hydrogens is 346 g/mol. The zero-order valence-electron chi connectivity index (χ0n) is 13.7. The Labute approximate surface area is 148 Å². The van der Waals surface area contributed by atoms with Gasteiger partial charge in [-0.25, -0.2) is 9.78 Å². The van der Waals surface area contributed by atoms with Crippen LogP contribution < -0.4 is 15.6 Å². The standard InChI is InChI=1S/C16H17N3O5S/c1-10(20)18-19-15(21)8-24-16(22)13-5-3-4-6-14(13)23-7-12-9-25-11(2)17-12/h3-6,9H,7-8H2,1-2H3,(H,18,20)(H,19,21). The number of aromatic nitrogens is 1. The van der Waals surface area contributed by atoms with Gasteiger partial charge in [0.2, 0.25) is 5.91 Å². The van der Waals surface area contributed by atoms with Crippen molar-refractivity contribution in [3.05, 3.63) is 45.9 Å². The van der Waals surface area contributed by atoms with E-state index in [1.807, 2.05) is 12.3 Å². The normalized spacial score (nSPS) is 10.0. The zero-order chi connectivity index (χ0) is 18.2. The highest BCUT2D eigenvalue weighted by Gasteiger charge is 2.15. The van der Waals surface area contributed by atoms with E-state index in [2.05, 4.69) is 15.8 Å². The van der Waals surface area contributed by atoms with Gasteiger partial charge < -0.3 is 9.47 Å². The molecule has 1 aromatic carbocycles. The molecule has 0 radical (unpaired) electrons. The number of para-hydroxylation sites is 1. The molecule has 1 heterocycles. The van der Waals surface area contributed by atoms with Crippen molar-refractivity contribution >= 4 is 29.1 Å². The summed E-state index contributed by atoms with van der Waals surface area (Å²) >= 11 is 1.51. The van der Waals surface area contributed by atoms with Crippen LogP contribution in [-0.4, -0.2) is 29.4 Å². The number of hydrazine groups is 1. The lowest BCUT2D eigenvalue weighted by Gasteiger charge is -2.10. The number of nitrogens with one attached hydrogen (secondary N) is 2. The van der Waals surface area contributed by atoms with E-state index in [-0.39, 0.29) is 12.2 Å². The van der Waals surface area contributed by atoms with Crippen LogP contribution in [-0.2, 0) is 20.9 Å². The number of esters is 1. The van der Waals surface area contributed by atoms with Crippen LogP contribution in [0.15, 0.2) is 29.6 Å². The fourth-order valence-electron chi connectivity index (χ4n) is 1.79. The molecule has 8 nitrogen and oxygen atoms in total. The molecule has 0 aliphatic carbocycles. The highest BCUT2D eigenvalue weighted by molar-refractivity contribution is 7.09. The number of amides is 2. The lowest BCUT2D eigenvalue weighted by Crippen LogP contribution is -2.42. The monoisotopic (exact) mass is 363 g/mol. The molecule has 1 aromatic heterocycles. The van der Waals surface area contributed by atoms with E-state index in [9.17, 15) is 14.4 Å². The molecule has 2 rings (SSSR count). The Morgan fingerprint density at radius 3 is 2.64 bits per heavy atom. The molecule has 0 saturated heterocycles. The largest absolute Gasteiger partial charge is 0.486 e. The lowest BCUT2D eigenvalue weighted by atomic mass is 10.2. The third-order valence-corrected chi connectivity index (χ3v) is 3.68. The molecule has 0 unspecified atom stereocenters. The minimum Gasteiger partial charge on any atom is -0.486 e. The maximum atomic E-state index is 12.1. The number of benzene rings is 1. The summed E-state index contributed by atoms with van der Waals surface area (Å²) in [5.74, 6) is -1.46. The number of thiazole rings is 1. The Morgan fingerprint density at radius 1 is 1.20 bits per heavy atom. The van der Waals surface area contributed by atoms with Gasteiger partial charge in [0.05, 0.1) is 10.7 Å². The summed E-state index contributed by atoms with van der Waals surface area (Å²) in [5.41, 5.74) is 5.16. The fraction of sp³-hybridized carbons (Fsp3) is 0.250. The number of hydrogen-bond acceptors (Lipinski definition) is 7. The third kappa shape index (κ3) is 5.88. The molecule has 0 bridgehead atoms. The van der Waals surface area contributed by atoms with Crippen molar-refractivity contribution in [2.75, 3.05) is 6.61 Å². The first kappa shape index (κ1) is 18.4. The Kier molecular flexibility index (Phi) is 6.47. The van der Waals surface area contributed by atoms with Crippen molar-refractivity contribution in [3.63, 3.8) is 0 Å². The maximum absolute atomic E-state index is 12.1. The predicted octanol–water partition coefficient (Wildman–Crippen LogP) is 1.35. The Hall–Kier alpha value is -2.94. The Morgan fingerprint density at radius 2 is 1.96 bits per heavy atom. The van der Waals surface area contributed by atoms with Crippen LogP contribution in [0.5, 0.6) is 5.75 Å². The minimum absolute atomic E-state index is 0.196. The molecule has 0 atom stereocenters. The molecule has 0 spiro atoms. The number of rotatable bonds is 6. The van der Waals surface area contributed by atoms with Gasteiger partial charge in [0.15, 0.2) is 6.61 Å². The van der Waals surface area contributed by atoms with Crippen LogP contribution in [0.2, 0.25) is 0 Å². The van der Waals surface area contributed by atoms with Crippen molar-refractivity contribution in [1.82, 2.24) is 15.8 Å². The van der Waals surface area contributed by atoms with Crippen molar-refractivity contribution < 1.29 is 23.9 Å². The van der Waals surface area contributed by atoms with E-state index in [1.165, 1.54) is 24.3 Å². The SMILES string of the molecule is CC(=O)NNC(=O)COC(=O)c1ccccc1OCc1csc(C)n1. The number of aryl methyl sites for hydroxylation is 1. The molecular formula is C16H17N3O5S. The molecule has 0 saturated carbocycles. The number of carbonyl (C=O) groups excluding carboxylic acids is 3. The second kappa shape index (κ2) is 8.78. The number of nitrogens with zero attached hydrogens (tertiary/aromatic N) is 1. The van der Waals surface area contributed by atoms with Crippen molar-refractivity contribution in [2.45, 2.75) is 20.5 Å². The van der Waals surface area contributed by atoms with Crippen LogP contribution in [0.3, 0.4) is 0 Å². The van der Waals surface area contributed by atoms with Gasteiger partial charge in [-0.3, -0.25) is 20.4 Å². The fourth-order valence-corrected chi connectivity index (χ4v) is 2.39. The maximum Gasteiger partial charge on any atom is 0.342 e. The average Bonchev–Trinajstić information content (AvgIpc) is 3.01. The highest BCUT2D eigenvalue weighted by atomic mass is 32.1. The van der Waals surface area contributed by atoms with E-state index < -0.39 is 24.4 Å². The van der Waals surface area contributed by atoms with Crippen molar-refractivity contribution in [2.24, 2.45) is 0 Å². The molecule has 9 heteroatoms. The summed E-state index contributed by atoms with van der Waals surface area (Å²) in [5, 5.41) is 2.80. The van der Waals surface area contributed by atoms with Crippen LogP contribution >= 0.6 is 11.3 Å². The van der Waals surface area contributed by atoms with E-state index in [1.54, 1.807) is 18.2 Å². The van der Waals surface area contributed by atoms with Gasteiger partial charge in [-0.2, -0.15) is 0 Å². The molecule has 2 amide bonds. The summed E-state index contributed by atoms with van der Waals surface area (Å²) < 4.78 is 10.6. The van der Waals surface area contributed by atoms with Gasteiger partial charge in [-0.05, 0) is 19.1 Å². The van der Waals surface area contributed by atoms with Crippen molar-refractivity contribution in [3.8, 4) is 5.75 Å². The number of ether oxygens (including phenoxy) is 2. The van der Waals surface area contributed by atoms with Gasteiger partial charge in [0.1, 0.15) is 17.9 Å². The Balaban J connectivity index is 1.93. The average molecular weight is 363 g/mol. The number of hydrogen-bond donors (Lipinski definition) is 2. The lowest BCUT2D eigenvalue weighted by molar-refractivity contribution is -0.129. The van der Waals surface area contributed by atoms with Crippen molar-refractivity contribution in [1.29, 1.82) is 0 Å². The second-order valence-corrected chi connectivity index (χ2v) is 6.01. The minimum atomic E-state index is -0.706. The molecule has 0 fully saturated rings. The van der Waals surface area contributed by atoms with E-state index in [0.29, 0.717) is 5.75 Å². The smallest absolute Gasteiger partial charge is 0.342 e. The second-order valence-electron chi connectivity index (χ2n) is 4.95. The summed E-state index contributed by atoms with van der Waals surface area (Å²) in [4.78, 5) is 38.6. The summed E-state index contributed by atoms with van der Waals surface area (Å²) in [6, 6.07) is 6.55. The van der Waals surface area contributed by atoms with E-state index >= 15 is 0 Å². The first-order valence-corrected chi connectivity index (χ1v) is 8.19. The first-order valence-electron chi connectivity index (χ1n) is 7.31. The van der Waals surface area contributed by atoms with E-state index in [4.69, 9.17) is 9.47 Å². The predicted molar refractivity (Wildman–Crippen MR) is 89.9 cm³/mol. The third-order valence-electron chi connectivity index (χ3n) is 2.86. The summed E-state index contributed by atoms with van der Waals surface area (Å²) in [6.07, 6.45) is 0. The van der Waals surface area contributed by atoms with E-state index in [0.717, 1.165) is 10.7 Å². The zero-order valence-corrected chi connectivity index (χ0v) is 14.5. The van der Waals surface area contributed by atoms with Crippen LogP contribution in [0.1, 0.15) is 28.0 Å². The van der Waals surface area contributed by atoms with Gasteiger partial charge in [-0.15, -0.1) is 11.3 Å². The van der Waals surface area contributed by atoms with Crippen LogP contribution in [0.4, 0.5) is 0 Å². The number of carbonyl (C=O) groups is 3.